The van der Waals surface area contributed by atoms with Gasteiger partial charge in [-0.1, -0.05) is 32.0 Å². The van der Waals surface area contributed by atoms with E-state index in [1.165, 1.54) is 0 Å². The van der Waals surface area contributed by atoms with Gasteiger partial charge < -0.3 is 13.9 Å². The van der Waals surface area contributed by atoms with Crippen molar-refractivity contribution in [3.05, 3.63) is 48.2 Å². The fourth-order valence-electron chi connectivity index (χ4n) is 2.65. The molecular formula is C19H18N2O3. The van der Waals surface area contributed by atoms with Crippen LogP contribution in [-0.4, -0.2) is 23.6 Å². The Morgan fingerprint density at radius 3 is 2.75 bits per heavy atom. The topological polar surface area (TPSA) is 63.7 Å². The summed E-state index contributed by atoms with van der Waals surface area (Å²) in [4.78, 5) is 12.6. The van der Waals surface area contributed by atoms with Crippen LogP contribution in [0.5, 0.6) is 5.75 Å². The molecule has 3 aromatic rings. The maximum atomic E-state index is 12.6. The Bertz CT molecular complexity index is 935. The summed E-state index contributed by atoms with van der Waals surface area (Å²) in [6.07, 6.45) is 1.79. The molecule has 0 bridgehead atoms. The number of benzene rings is 1. The van der Waals surface area contributed by atoms with Crippen molar-refractivity contribution >= 4 is 22.4 Å². The van der Waals surface area contributed by atoms with Gasteiger partial charge >= 0.3 is 5.97 Å². The molecule has 1 aromatic carbocycles. The van der Waals surface area contributed by atoms with E-state index in [4.69, 9.17) is 14.7 Å². The highest BCUT2D eigenvalue weighted by Crippen LogP contribution is 2.29. The van der Waals surface area contributed by atoms with E-state index >= 15 is 0 Å². The first-order chi connectivity index (χ1) is 11.6. The summed E-state index contributed by atoms with van der Waals surface area (Å²) >= 11 is 0. The smallest absolute Gasteiger partial charge is 0.340 e. The number of nitriles is 1. The third kappa shape index (κ3) is 2.91. The van der Waals surface area contributed by atoms with Gasteiger partial charge in [0, 0.05) is 5.39 Å². The Labute approximate surface area is 140 Å². The predicted molar refractivity (Wildman–Crippen MR) is 91.1 cm³/mol. The number of hydrogen-bond donors (Lipinski definition) is 0. The zero-order valence-electron chi connectivity index (χ0n) is 13.7. The molecule has 0 aliphatic rings. The van der Waals surface area contributed by atoms with E-state index in [-0.39, 0.29) is 18.5 Å². The van der Waals surface area contributed by atoms with Crippen molar-refractivity contribution < 1.29 is 14.3 Å². The molecule has 2 aromatic heterocycles. The Hall–Kier alpha value is -3.00. The van der Waals surface area contributed by atoms with Crippen molar-refractivity contribution in [1.29, 1.82) is 5.26 Å². The van der Waals surface area contributed by atoms with Gasteiger partial charge in [-0.25, -0.2) is 4.79 Å². The minimum Gasteiger partial charge on any atom is -0.477 e. The molecule has 0 aliphatic heterocycles. The Balaban J connectivity index is 2.13. The first-order valence-electron chi connectivity index (χ1n) is 7.81. The van der Waals surface area contributed by atoms with E-state index < -0.39 is 0 Å². The Morgan fingerprint density at radius 1 is 1.21 bits per heavy atom. The number of hydrogen-bond acceptors (Lipinski definition) is 4. The second-order valence-electron chi connectivity index (χ2n) is 5.95. The molecule has 3 rings (SSSR count). The molecule has 0 spiro atoms. The predicted octanol–water partition coefficient (Wildman–Crippen LogP) is 3.81. The number of ether oxygens (including phenoxy) is 2. The van der Waals surface area contributed by atoms with Gasteiger partial charge in [0.2, 0.25) is 0 Å². The van der Waals surface area contributed by atoms with Crippen LogP contribution in [0.2, 0.25) is 0 Å². The van der Waals surface area contributed by atoms with Crippen LogP contribution >= 0.6 is 0 Å². The van der Waals surface area contributed by atoms with Crippen LogP contribution in [-0.2, 0) is 4.74 Å². The minimum atomic E-state index is -0.326. The average Bonchev–Trinajstić information content (AvgIpc) is 2.91. The van der Waals surface area contributed by atoms with Crippen LogP contribution in [0.1, 0.15) is 24.2 Å². The first-order valence-corrected chi connectivity index (χ1v) is 7.81. The lowest BCUT2D eigenvalue weighted by Gasteiger charge is -2.07. The number of aromatic nitrogens is 1. The molecule has 0 unspecified atom stereocenters. The molecule has 122 valence electrons. The number of carbonyl (C=O) groups is 1. The second kappa shape index (κ2) is 6.63. The summed E-state index contributed by atoms with van der Waals surface area (Å²) in [5.74, 6) is 0.528. The van der Waals surface area contributed by atoms with Crippen LogP contribution in [0, 0.1) is 17.2 Å². The maximum absolute atomic E-state index is 12.6. The third-order valence-electron chi connectivity index (χ3n) is 3.67. The zero-order chi connectivity index (χ0) is 17.1. The van der Waals surface area contributed by atoms with Gasteiger partial charge in [0.25, 0.3) is 0 Å². The van der Waals surface area contributed by atoms with E-state index in [2.05, 4.69) is 0 Å². The molecule has 2 heterocycles. The lowest BCUT2D eigenvalue weighted by atomic mass is 10.1. The Morgan fingerprint density at radius 2 is 2.00 bits per heavy atom. The number of pyridine rings is 1. The van der Waals surface area contributed by atoms with Crippen LogP contribution in [0.3, 0.4) is 0 Å². The number of para-hydroxylation sites is 1. The number of carbonyl (C=O) groups excluding carboxylic acids is 1. The molecule has 0 fully saturated rings. The zero-order valence-corrected chi connectivity index (χ0v) is 13.7. The third-order valence-corrected chi connectivity index (χ3v) is 3.67. The van der Waals surface area contributed by atoms with Crippen molar-refractivity contribution in [2.45, 2.75) is 13.8 Å². The monoisotopic (exact) mass is 322 g/mol. The fraction of sp³-hybridized carbons (Fsp3) is 0.263. The van der Waals surface area contributed by atoms with E-state index in [0.29, 0.717) is 17.9 Å². The number of rotatable bonds is 5. The molecular weight excluding hydrogens is 304 g/mol. The van der Waals surface area contributed by atoms with Gasteiger partial charge in [-0.15, -0.1) is 0 Å². The largest absolute Gasteiger partial charge is 0.477 e. The van der Waals surface area contributed by atoms with Gasteiger partial charge in [-0.05, 0) is 24.1 Å². The summed E-state index contributed by atoms with van der Waals surface area (Å²) in [5, 5.41) is 9.49. The fourth-order valence-corrected chi connectivity index (χ4v) is 2.65. The van der Waals surface area contributed by atoms with Gasteiger partial charge in [0.15, 0.2) is 6.61 Å². The van der Waals surface area contributed by atoms with Gasteiger partial charge in [-0.3, -0.25) is 0 Å². The summed E-state index contributed by atoms with van der Waals surface area (Å²) < 4.78 is 12.7. The average molecular weight is 322 g/mol. The standard InChI is InChI=1S/C19H18N2O3/c1-13(2)12-24-19(22)18-15-5-3-4-6-16(15)21-11-14(23-10-9-20)7-8-17(18)21/h3-8,11,13H,10,12H2,1-2H3. The normalized spacial score (nSPS) is 10.9. The molecule has 0 N–H and O–H groups in total. The van der Waals surface area contributed by atoms with Crippen molar-refractivity contribution in [1.82, 2.24) is 4.40 Å². The van der Waals surface area contributed by atoms with E-state index in [1.54, 1.807) is 12.3 Å². The van der Waals surface area contributed by atoms with E-state index in [1.807, 2.05) is 54.6 Å². The van der Waals surface area contributed by atoms with Gasteiger partial charge in [-0.2, -0.15) is 5.26 Å². The summed E-state index contributed by atoms with van der Waals surface area (Å²) in [6.45, 7) is 4.37. The van der Waals surface area contributed by atoms with Gasteiger partial charge in [0.1, 0.15) is 11.8 Å². The molecule has 0 aliphatic carbocycles. The number of fused-ring (bicyclic) bond motifs is 3. The molecule has 0 radical (unpaired) electrons. The molecule has 0 saturated carbocycles. The van der Waals surface area contributed by atoms with Crippen molar-refractivity contribution in [2.75, 3.05) is 13.2 Å². The molecule has 0 saturated heterocycles. The highest BCUT2D eigenvalue weighted by molar-refractivity contribution is 6.11. The van der Waals surface area contributed by atoms with Gasteiger partial charge in [0.05, 0.1) is 29.4 Å². The number of nitrogens with zero attached hydrogens (tertiary/aromatic N) is 2. The molecule has 0 atom stereocenters. The summed E-state index contributed by atoms with van der Waals surface area (Å²) in [7, 11) is 0. The quantitative estimate of drug-likeness (QED) is 0.670. The first kappa shape index (κ1) is 15.9. The van der Waals surface area contributed by atoms with E-state index in [9.17, 15) is 4.79 Å². The minimum absolute atomic E-state index is 0.0198. The van der Waals surface area contributed by atoms with Crippen molar-refractivity contribution in [2.24, 2.45) is 5.92 Å². The summed E-state index contributed by atoms with van der Waals surface area (Å²) in [6, 6.07) is 13.2. The molecule has 24 heavy (non-hydrogen) atoms. The van der Waals surface area contributed by atoms with Crippen molar-refractivity contribution in [3.63, 3.8) is 0 Å². The molecule has 0 amide bonds. The lowest BCUT2D eigenvalue weighted by molar-refractivity contribution is 0.0463. The Kier molecular flexibility index (Phi) is 4.39. The van der Waals surface area contributed by atoms with Crippen LogP contribution in [0.15, 0.2) is 42.6 Å². The SMILES string of the molecule is CC(C)COC(=O)c1c2ccccc2n2cc(OCC#N)ccc12. The highest BCUT2D eigenvalue weighted by atomic mass is 16.5. The van der Waals surface area contributed by atoms with Crippen LogP contribution < -0.4 is 4.74 Å². The molecule has 5 heteroatoms. The van der Waals surface area contributed by atoms with Crippen LogP contribution in [0.4, 0.5) is 0 Å². The maximum Gasteiger partial charge on any atom is 0.340 e. The van der Waals surface area contributed by atoms with E-state index in [0.717, 1.165) is 16.4 Å². The highest BCUT2D eigenvalue weighted by Gasteiger charge is 2.20. The molecule has 5 nitrogen and oxygen atoms in total. The number of esters is 1. The summed E-state index contributed by atoms with van der Waals surface area (Å²) in [5.41, 5.74) is 2.21. The second-order valence-corrected chi connectivity index (χ2v) is 5.95. The van der Waals surface area contributed by atoms with Crippen LogP contribution in [0.25, 0.3) is 16.4 Å². The van der Waals surface area contributed by atoms with Crippen molar-refractivity contribution in [3.8, 4) is 11.8 Å². The lowest BCUT2D eigenvalue weighted by Crippen LogP contribution is -2.10.